The molecule has 3 heteroatoms. The first-order valence-electron chi connectivity index (χ1n) is 7.10. The first-order chi connectivity index (χ1) is 10.6. The quantitative estimate of drug-likeness (QED) is 0.624. The molecule has 0 saturated heterocycles. The third-order valence-electron chi connectivity index (χ3n) is 3.68. The zero-order chi connectivity index (χ0) is 15.6. The number of benzene rings is 3. The second-order valence-electron chi connectivity index (χ2n) is 5.24. The summed E-state index contributed by atoms with van der Waals surface area (Å²) in [5, 5.41) is 2.56. The first kappa shape index (κ1) is 15.3. The summed E-state index contributed by atoms with van der Waals surface area (Å²) < 4.78 is 15.0. The van der Waals surface area contributed by atoms with Crippen molar-refractivity contribution in [3.05, 3.63) is 88.9 Å². The number of aryl methyl sites for hydroxylation is 1. The predicted octanol–water partition coefficient (Wildman–Crippen LogP) is 4.40. The maximum Gasteiger partial charge on any atom is 0.172 e. The minimum Gasteiger partial charge on any atom is -0.309 e. The Hall–Kier alpha value is -1.63. The molecule has 110 valence electrons. The van der Waals surface area contributed by atoms with Gasteiger partial charge in [0.2, 0.25) is 0 Å². The maximum atomic E-state index is 14.2. The van der Waals surface area contributed by atoms with Crippen LogP contribution in [0.1, 0.15) is 5.56 Å². The fourth-order valence-electron chi connectivity index (χ4n) is 2.60. The van der Waals surface area contributed by atoms with Gasteiger partial charge in [-0.25, -0.2) is 0 Å². The van der Waals surface area contributed by atoms with Crippen LogP contribution in [-0.2, 0) is 4.57 Å². The monoisotopic (exact) mass is 370 g/mol. The van der Waals surface area contributed by atoms with Crippen LogP contribution in [0.15, 0.2) is 83.3 Å². The minimum atomic E-state index is -2.89. The van der Waals surface area contributed by atoms with Crippen molar-refractivity contribution in [1.82, 2.24) is 0 Å². The molecule has 0 radical (unpaired) electrons. The van der Waals surface area contributed by atoms with Crippen molar-refractivity contribution in [3.8, 4) is 0 Å². The summed E-state index contributed by atoms with van der Waals surface area (Å²) in [6, 6.07) is 25.5. The number of halogens is 1. The molecule has 0 bridgehead atoms. The Bertz CT molecular complexity index is 843. The highest BCUT2D eigenvalue weighted by atomic mass is 79.9. The van der Waals surface area contributed by atoms with Crippen LogP contribution < -0.4 is 15.9 Å². The van der Waals surface area contributed by atoms with Crippen LogP contribution in [0.25, 0.3) is 0 Å². The molecule has 1 unspecified atom stereocenters. The molecule has 0 aromatic heterocycles. The molecule has 0 fully saturated rings. The average molecular weight is 371 g/mol. The van der Waals surface area contributed by atoms with Crippen molar-refractivity contribution in [2.24, 2.45) is 0 Å². The largest absolute Gasteiger partial charge is 0.309 e. The highest BCUT2D eigenvalue weighted by Gasteiger charge is 2.31. The Morgan fingerprint density at radius 3 is 2.09 bits per heavy atom. The lowest BCUT2D eigenvalue weighted by Gasteiger charge is -2.21. The fourth-order valence-corrected chi connectivity index (χ4v) is 6.43. The molecular weight excluding hydrogens is 355 g/mol. The van der Waals surface area contributed by atoms with Gasteiger partial charge in [-0.1, -0.05) is 82.2 Å². The molecule has 0 aliphatic carbocycles. The van der Waals surface area contributed by atoms with Gasteiger partial charge in [0.25, 0.3) is 0 Å². The third kappa shape index (κ3) is 2.69. The summed E-state index contributed by atoms with van der Waals surface area (Å²) in [7, 11) is -2.89. The number of rotatable bonds is 3. The van der Waals surface area contributed by atoms with Crippen molar-refractivity contribution < 1.29 is 4.57 Å². The van der Waals surface area contributed by atoms with Gasteiger partial charge >= 0.3 is 0 Å². The molecule has 0 saturated carbocycles. The van der Waals surface area contributed by atoms with Crippen LogP contribution in [-0.4, -0.2) is 0 Å². The number of hydrogen-bond acceptors (Lipinski definition) is 1. The molecule has 0 heterocycles. The molecular formula is C19H16BrOP. The van der Waals surface area contributed by atoms with E-state index in [9.17, 15) is 4.57 Å². The van der Waals surface area contributed by atoms with E-state index in [1.165, 1.54) is 0 Å². The predicted molar refractivity (Wildman–Crippen MR) is 98.3 cm³/mol. The second-order valence-corrected chi connectivity index (χ2v) is 8.82. The van der Waals surface area contributed by atoms with Gasteiger partial charge in [0.1, 0.15) is 0 Å². The smallest absolute Gasteiger partial charge is 0.172 e. The molecule has 0 aliphatic heterocycles. The van der Waals surface area contributed by atoms with Crippen LogP contribution in [0.5, 0.6) is 0 Å². The van der Waals surface area contributed by atoms with E-state index in [2.05, 4.69) is 15.9 Å². The Morgan fingerprint density at radius 2 is 1.41 bits per heavy atom. The second kappa shape index (κ2) is 6.24. The molecule has 3 aromatic rings. The van der Waals surface area contributed by atoms with Gasteiger partial charge in [0, 0.05) is 20.4 Å². The molecule has 0 aliphatic rings. The molecule has 0 N–H and O–H groups in total. The normalized spacial score (nSPS) is 13.5. The Balaban J connectivity index is 2.33. The maximum absolute atomic E-state index is 14.2. The van der Waals surface area contributed by atoms with Crippen molar-refractivity contribution in [3.63, 3.8) is 0 Å². The van der Waals surface area contributed by atoms with Crippen LogP contribution in [0.2, 0.25) is 0 Å². The first-order valence-corrected chi connectivity index (χ1v) is 9.60. The van der Waals surface area contributed by atoms with Crippen molar-refractivity contribution in [1.29, 1.82) is 0 Å². The zero-order valence-corrected chi connectivity index (χ0v) is 14.7. The van der Waals surface area contributed by atoms with E-state index in [4.69, 9.17) is 0 Å². The van der Waals surface area contributed by atoms with Gasteiger partial charge in [0.05, 0.1) is 0 Å². The van der Waals surface area contributed by atoms with Crippen LogP contribution >= 0.6 is 23.1 Å². The van der Waals surface area contributed by atoms with E-state index in [-0.39, 0.29) is 0 Å². The van der Waals surface area contributed by atoms with Crippen LogP contribution in [0, 0.1) is 6.92 Å². The topological polar surface area (TPSA) is 17.1 Å². The Labute approximate surface area is 139 Å². The van der Waals surface area contributed by atoms with E-state index in [1.54, 1.807) is 0 Å². The molecule has 1 nitrogen and oxygen atoms in total. The average Bonchev–Trinajstić information content (AvgIpc) is 2.55. The van der Waals surface area contributed by atoms with Gasteiger partial charge in [-0.05, 0) is 25.1 Å². The van der Waals surface area contributed by atoms with Crippen molar-refractivity contribution >= 4 is 39.0 Å². The van der Waals surface area contributed by atoms with E-state index >= 15 is 0 Å². The molecule has 0 spiro atoms. The molecule has 22 heavy (non-hydrogen) atoms. The summed E-state index contributed by atoms with van der Waals surface area (Å²) in [5.41, 5.74) is 1.11. The van der Waals surface area contributed by atoms with E-state index in [0.717, 1.165) is 25.9 Å². The number of hydrogen-bond donors (Lipinski definition) is 0. The Morgan fingerprint density at radius 1 is 0.773 bits per heavy atom. The summed E-state index contributed by atoms with van der Waals surface area (Å²) in [5.74, 6) is 0. The standard InChI is InChI=1S/C19H16BrOP/c1-15-8-7-11-17(14-15)22(21,16-9-3-2-4-10-16)19-13-6-5-12-18(19)20/h2-14H,1H3. The lowest BCUT2D eigenvalue weighted by atomic mass is 10.2. The van der Waals surface area contributed by atoms with Gasteiger partial charge in [-0.15, -0.1) is 0 Å². The van der Waals surface area contributed by atoms with Crippen LogP contribution in [0.4, 0.5) is 0 Å². The molecule has 1 atom stereocenters. The molecule has 0 amide bonds. The molecule has 3 rings (SSSR count). The summed E-state index contributed by atoms with van der Waals surface area (Å²) >= 11 is 3.57. The van der Waals surface area contributed by atoms with E-state index < -0.39 is 7.14 Å². The Kier molecular flexibility index (Phi) is 4.33. The summed E-state index contributed by atoms with van der Waals surface area (Å²) in [6.45, 7) is 2.03. The van der Waals surface area contributed by atoms with Gasteiger partial charge in [-0.2, -0.15) is 0 Å². The lowest BCUT2D eigenvalue weighted by Crippen LogP contribution is -2.26. The SMILES string of the molecule is Cc1cccc(P(=O)(c2ccccc2)c2ccccc2Br)c1. The van der Waals surface area contributed by atoms with Gasteiger partial charge < -0.3 is 4.57 Å². The molecule has 3 aromatic carbocycles. The highest BCUT2D eigenvalue weighted by molar-refractivity contribution is 9.10. The highest BCUT2D eigenvalue weighted by Crippen LogP contribution is 2.44. The van der Waals surface area contributed by atoms with Crippen molar-refractivity contribution in [2.75, 3.05) is 0 Å². The van der Waals surface area contributed by atoms with Gasteiger partial charge in [-0.3, -0.25) is 0 Å². The van der Waals surface area contributed by atoms with Crippen molar-refractivity contribution in [2.45, 2.75) is 6.92 Å². The van der Waals surface area contributed by atoms with Crippen LogP contribution in [0.3, 0.4) is 0 Å². The fraction of sp³-hybridized carbons (Fsp3) is 0.0526. The lowest BCUT2D eigenvalue weighted by molar-refractivity contribution is 0.592. The summed E-state index contributed by atoms with van der Waals surface area (Å²) in [4.78, 5) is 0. The van der Waals surface area contributed by atoms with Gasteiger partial charge in [0.15, 0.2) is 7.14 Å². The van der Waals surface area contributed by atoms with E-state index in [0.29, 0.717) is 0 Å². The summed E-state index contributed by atoms with van der Waals surface area (Å²) in [6.07, 6.45) is 0. The zero-order valence-electron chi connectivity index (χ0n) is 12.2. The van der Waals surface area contributed by atoms with E-state index in [1.807, 2.05) is 85.8 Å². The third-order valence-corrected chi connectivity index (χ3v) is 7.77. The minimum absolute atomic E-state index is 0.840.